The van der Waals surface area contributed by atoms with Crippen molar-refractivity contribution in [2.45, 2.75) is 96.3 Å². The summed E-state index contributed by atoms with van der Waals surface area (Å²) in [5, 5.41) is 6.50. The molecule has 0 aromatic carbocycles. The molecule has 0 bridgehead atoms. The normalized spacial score (nSPS) is 10.9. The third-order valence-corrected chi connectivity index (χ3v) is 4.64. The van der Waals surface area contributed by atoms with E-state index in [2.05, 4.69) is 45.6 Å². The van der Waals surface area contributed by atoms with Crippen LogP contribution in [0.1, 0.15) is 96.3 Å². The number of nitrogens with zero attached hydrogens (tertiary/aromatic N) is 3. The number of hydrogen-bond donors (Lipinski definition) is 1. The molecule has 0 aromatic rings. The topological polar surface area (TPSA) is 77.9 Å². The fraction of sp³-hybridized carbons (Fsp3) is 0.708. The van der Waals surface area contributed by atoms with Crippen molar-refractivity contribution < 1.29 is 4.79 Å². The van der Waals surface area contributed by atoms with Crippen LogP contribution in [0.3, 0.4) is 0 Å². The zero-order valence-corrected chi connectivity index (χ0v) is 18.2. The first-order valence-electron chi connectivity index (χ1n) is 11.3. The van der Waals surface area contributed by atoms with Gasteiger partial charge in [0.15, 0.2) is 0 Å². The molecule has 162 valence electrons. The van der Waals surface area contributed by atoms with Gasteiger partial charge in [0.25, 0.3) is 0 Å². The number of unbranched alkanes of at least 4 members (excludes halogenated alkanes) is 10. The van der Waals surface area contributed by atoms with E-state index in [4.69, 9.17) is 12.0 Å². The molecular weight excluding hydrogens is 360 g/mol. The molecule has 0 atom stereocenters. The summed E-state index contributed by atoms with van der Waals surface area (Å²) in [5.74, 6) is 2.83. The van der Waals surface area contributed by atoms with Gasteiger partial charge in [-0.25, -0.2) is 0 Å². The number of hydrogen-bond acceptors (Lipinski definition) is 2. The molecule has 0 saturated heterocycles. The molecule has 0 aliphatic heterocycles. The van der Waals surface area contributed by atoms with E-state index in [-0.39, 0.29) is 5.91 Å². The van der Waals surface area contributed by atoms with E-state index in [1.165, 1.54) is 19.3 Å². The second-order valence-electron chi connectivity index (χ2n) is 7.30. The van der Waals surface area contributed by atoms with Crippen molar-refractivity contribution in [1.82, 2.24) is 5.32 Å². The van der Waals surface area contributed by atoms with Gasteiger partial charge in [0, 0.05) is 30.8 Å². The minimum absolute atomic E-state index is 0.175. The van der Waals surface area contributed by atoms with Gasteiger partial charge in [0.05, 0.1) is 0 Å². The fourth-order valence-electron chi connectivity index (χ4n) is 2.93. The van der Waals surface area contributed by atoms with Crippen LogP contribution in [0.5, 0.6) is 0 Å². The quantitative estimate of drug-likeness (QED) is 0.0585. The van der Waals surface area contributed by atoms with Gasteiger partial charge in [-0.05, 0) is 56.9 Å². The number of nitrogens with one attached hydrogen (secondary N) is 1. The Balaban J connectivity index is 3.29. The van der Waals surface area contributed by atoms with E-state index >= 15 is 0 Å². The molecular formula is C24H40N4O. The number of carbonyl (C=O) groups is 1. The van der Waals surface area contributed by atoms with Gasteiger partial charge in [-0.2, -0.15) is 0 Å². The third kappa shape index (κ3) is 23.8. The summed E-state index contributed by atoms with van der Waals surface area (Å²) in [7, 11) is 0. The average Bonchev–Trinajstić information content (AvgIpc) is 2.72. The third-order valence-electron chi connectivity index (χ3n) is 4.64. The van der Waals surface area contributed by atoms with Gasteiger partial charge >= 0.3 is 0 Å². The van der Waals surface area contributed by atoms with Crippen LogP contribution in [-0.4, -0.2) is 19.0 Å². The first-order valence-corrected chi connectivity index (χ1v) is 11.3. The Bertz CT molecular complexity index is 527. The Labute approximate surface area is 178 Å². The number of rotatable bonds is 20. The minimum Gasteiger partial charge on any atom is -0.356 e. The maximum atomic E-state index is 11.8. The van der Waals surface area contributed by atoms with Crippen LogP contribution < -0.4 is 5.32 Å². The molecule has 0 rings (SSSR count). The van der Waals surface area contributed by atoms with Crippen molar-refractivity contribution in [3.63, 3.8) is 0 Å². The van der Waals surface area contributed by atoms with Crippen molar-refractivity contribution in [2.24, 2.45) is 5.11 Å². The van der Waals surface area contributed by atoms with Crippen molar-refractivity contribution in [3.05, 3.63) is 34.7 Å². The lowest BCUT2D eigenvalue weighted by Crippen LogP contribution is -2.23. The van der Waals surface area contributed by atoms with E-state index in [1.54, 1.807) is 0 Å². The summed E-state index contributed by atoms with van der Waals surface area (Å²) >= 11 is 0. The standard InChI is InChI=1S/C24H40N4O/c1-2-3-4-5-6-7-8-9-10-11-12-13-14-15-18-21-24(29)26-22-19-16-17-20-23-27-28-25/h1,6-7,9-10H,3-5,8,11-23H2,(H,26,29)/b7-6-,10-9-. The Morgan fingerprint density at radius 1 is 0.897 bits per heavy atom. The highest BCUT2D eigenvalue weighted by molar-refractivity contribution is 5.75. The number of carbonyl (C=O) groups excluding carboxylic acids is 1. The summed E-state index contributed by atoms with van der Waals surface area (Å²) in [5.41, 5.74) is 8.18. The minimum atomic E-state index is 0.175. The lowest BCUT2D eigenvalue weighted by atomic mass is 10.1. The Morgan fingerprint density at radius 2 is 1.55 bits per heavy atom. The molecule has 0 aromatic heterocycles. The summed E-state index contributed by atoms with van der Waals surface area (Å²) in [6.07, 6.45) is 29.8. The molecule has 1 N–H and O–H groups in total. The lowest BCUT2D eigenvalue weighted by molar-refractivity contribution is -0.121. The summed E-state index contributed by atoms with van der Waals surface area (Å²) < 4.78 is 0. The van der Waals surface area contributed by atoms with Crippen molar-refractivity contribution in [1.29, 1.82) is 0 Å². The first kappa shape index (κ1) is 26.8. The van der Waals surface area contributed by atoms with Gasteiger partial charge in [0.1, 0.15) is 0 Å². The number of azide groups is 1. The molecule has 0 aliphatic rings. The van der Waals surface area contributed by atoms with Crippen LogP contribution in [0.25, 0.3) is 10.4 Å². The Morgan fingerprint density at radius 3 is 2.31 bits per heavy atom. The zero-order chi connectivity index (χ0) is 21.3. The molecule has 0 aliphatic carbocycles. The fourth-order valence-corrected chi connectivity index (χ4v) is 2.93. The molecule has 0 saturated carbocycles. The smallest absolute Gasteiger partial charge is 0.219 e. The molecule has 0 spiro atoms. The predicted molar refractivity (Wildman–Crippen MR) is 123 cm³/mol. The van der Waals surface area contributed by atoms with Gasteiger partial charge in [0.2, 0.25) is 5.91 Å². The summed E-state index contributed by atoms with van der Waals surface area (Å²) in [6, 6.07) is 0. The van der Waals surface area contributed by atoms with Crippen LogP contribution in [0, 0.1) is 12.3 Å². The first-order chi connectivity index (χ1) is 14.3. The average molecular weight is 401 g/mol. The molecule has 0 unspecified atom stereocenters. The van der Waals surface area contributed by atoms with Crippen LogP contribution in [-0.2, 0) is 4.79 Å². The maximum Gasteiger partial charge on any atom is 0.219 e. The highest BCUT2D eigenvalue weighted by atomic mass is 16.1. The van der Waals surface area contributed by atoms with Crippen LogP contribution in [0.4, 0.5) is 0 Å². The molecule has 29 heavy (non-hydrogen) atoms. The van der Waals surface area contributed by atoms with Crippen LogP contribution >= 0.6 is 0 Å². The van der Waals surface area contributed by atoms with Gasteiger partial charge in [-0.15, -0.1) is 12.3 Å². The van der Waals surface area contributed by atoms with Crippen LogP contribution in [0.15, 0.2) is 29.4 Å². The molecule has 0 fully saturated rings. The largest absolute Gasteiger partial charge is 0.356 e. The summed E-state index contributed by atoms with van der Waals surface area (Å²) in [6.45, 7) is 1.33. The molecule has 1 amide bonds. The van der Waals surface area contributed by atoms with E-state index < -0.39 is 0 Å². The molecule has 5 nitrogen and oxygen atoms in total. The predicted octanol–water partition coefficient (Wildman–Crippen LogP) is 7.01. The highest BCUT2D eigenvalue weighted by Gasteiger charge is 2.00. The zero-order valence-electron chi connectivity index (χ0n) is 18.2. The highest BCUT2D eigenvalue weighted by Crippen LogP contribution is 2.08. The van der Waals surface area contributed by atoms with Crippen molar-refractivity contribution >= 4 is 5.91 Å². The SMILES string of the molecule is C#CCCC/C=C\C/C=C\CCCCCCCC(=O)NCCCCCCN=[N+]=[N-]. The van der Waals surface area contributed by atoms with Gasteiger partial charge in [-0.3, -0.25) is 4.79 Å². The van der Waals surface area contributed by atoms with Crippen LogP contribution in [0.2, 0.25) is 0 Å². The lowest BCUT2D eigenvalue weighted by Gasteiger charge is -2.05. The Hall–Kier alpha value is -2.18. The number of allylic oxidation sites excluding steroid dienone is 4. The van der Waals surface area contributed by atoms with E-state index in [9.17, 15) is 4.79 Å². The van der Waals surface area contributed by atoms with E-state index in [0.29, 0.717) is 13.0 Å². The number of terminal acetylenes is 1. The van der Waals surface area contributed by atoms with E-state index in [1.807, 2.05) is 0 Å². The Kier molecular flexibility index (Phi) is 22.1. The van der Waals surface area contributed by atoms with Gasteiger partial charge in [-0.1, -0.05) is 61.5 Å². The van der Waals surface area contributed by atoms with Crippen molar-refractivity contribution in [2.75, 3.05) is 13.1 Å². The number of amides is 1. The monoisotopic (exact) mass is 400 g/mol. The molecule has 0 heterocycles. The molecule has 5 heteroatoms. The summed E-state index contributed by atoms with van der Waals surface area (Å²) in [4.78, 5) is 14.5. The van der Waals surface area contributed by atoms with E-state index in [0.717, 1.165) is 77.2 Å². The maximum absolute atomic E-state index is 11.8. The molecule has 0 radical (unpaired) electrons. The second-order valence-corrected chi connectivity index (χ2v) is 7.30. The van der Waals surface area contributed by atoms with Gasteiger partial charge < -0.3 is 5.32 Å². The second kappa shape index (κ2) is 23.9. The van der Waals surface area contributed by atoms with Crippen molar-refractivity contribution in [3.8, 4) is 12.3 Å².